The molecule has 0 saturated heterocycles. The molecular weight excluding hydrogens is 228 g/mol. The summed E-state index contributed by atoms with van der Waals surface area (Å²) in [6, 6.07) is 11.3. The lowest BCUT2D eigenvalue weighted by Gasteiger charge is -2.04. The molecule has 0 radical (unpaired) electrons. The van der Waals surface area contributed by atoms with E-state index >= 15 is 0 Å². The Balaban J connectivity index is 2.29. The summed E-state index contributed by atoms with van der Waals surface area (Å²) < 4.78 is 1.56. The molecule has 0 aliphatic carbocycles. The molecule has 0 spiro atoms. The first-order valence-corrected chi connectivity index (χ1v) is 5.45. The van der Waals surface area contributed by atoms with E-state index in [1.165, 1.54) is 0 Å². The van der Waals surface area contributed by atoms with Crippen molar-refractivity contribution in [3.05, 3.63) is 54.4 Å². The van der Waals surface area contributed by atoms with Gasteiger partial charge in [-0.2, -0.15) is 5.10 Å². The van der Waals surface area contributed by atoms with Crippen molar-refractivity contribution in [2.45, 2.75) is 0 Å². The number of hydrogen-bond acceptors (Lipinski definition) is 3. The predicted molar refractivity (Wildman–Crippen MR) is 66.9 cm³/mol. The largest absolute Gasteiger partial charge is 0.365 e. The van der Waals surface area contributed by atoms with E-state index in [4.69, 9.17) is 5.73 Å². The summed E-state index contributed by atoms with van der Waals surface area (Å²) in [6.07, 6.45) is 3.28. The summed E-state index contributed by atoms with van der Waals surface area (Å²) in [7, 11) is 0. The van der Waals surface area contributed by atoms with Crippen molar-refractivity contribution < 1.29 is 4.79 Å². The summed E-state index contributed by atoms with van der Waals surface area (Å²) in [5.41, 5.74) is 7.83. The maximum absolute atomic E-state index is 11.4. The van der Waals surface area contributed by atoms with E-state index in [9.17, 15) is 4.79 Å². The van der Waals surface area contributed by atoms with Crippen molar-refractivity contribution >= 4 is 11.6 Å². The maximum atomic E-state index is 11.4. The average molecular weight is 238 g/mol. The van der Waals surface area contributed by atoms with Gasteiger partial charge in [-0.25, -0.2) is 9.50 Å². The van der Waals surface area contributed by atoms with Gasteiger partial charge in [-0.15, -0.1) is 0 Å². The van der Waals surface area contributed by atoms with Crippen LogP contribution in [0.3, 0.4) is 0 Å². The zero-order valence-corrected chi connectivity index (χ0v) is 9.45. The lowest BCUT2D eigenvalue weighted by Crippen LogP contribution is -2.14. The first kappa shape index (κ1) is 10.5. The van der Waals surface area contributed by atoms with E-state index in [1.54, 1.807) is 23.0 Å². The molecule has 0 saturated carbocycles. The lowest BCUT2D eigenvalue weighted by atomic mass is 10.1. The molecule has 0 unspecified atom stereocenters. The number of nitrogens with two attached hydrogens (primary N) is 1. The highest BCUT2D eigenvalue weighted by atomic mass is 16.1. The molecule has 1 amide bonds. The van der Waals surface area contributed by atoms with Crippen molar-refractivity contribution in [3.63, 3.8) is 0 Å². The Morgan fingerprint density at radius 3 is 2.72 bits per heavy atom. The number of carbonyl (C=O) groups excluding carboxylic acids is 1. The van der Waals surface area contributed by atoms with Crippen LogP contribution in [0.25, 0.3) is 16.9 Å². The number of fused-ring (bicyclic) bond motifs is 1. The number of rotatable bonds is 2. The third-order valence-electron chi connectivity index (χ3n) is 2.69. The SMILES string of the molecule is NC(=O)c1cc(-c2ccccc2)nn2ccnc12. The van der Waals surface area contributed by atoms with Crippen molar-refractivity contribution in [2.24, 2.45) is 5.73 Å². The van der Waals surface area contributed by atoms with Gasteiger partial charge in [0.2, 0.25) is 0 Å². The van der Waals surface area contributed by atoms with Gasteiger partial charge >= 0.3 is 0 Å². The van der Waals surface area contributed by atoms with Crippen LogP contribution in [0.5, 0.6) is 0 Å². The molecule has 88 valence electrons. The van der Waals surface area contributed by atoms with Crippen LogP contribution in [0.1, 0.15) is 10.4 Å². The number of carbonyl (C=O) groups is 1. The lowest BCUT2D eigenvalue weighted by molar-refractivity contribution is 0.100. The zero-order valence-electron chi connectivity index (χ0n) is 9.45. The van der Waals surface area contributed by atoms with E-state index in [0.29, 0.717) is 16.9 Å². The number of hydrogen-bond donors (Lipinski definition) is 1. The third-order valence-corrected chi connectivity index (χ3v) is 2.69. The van der Waals surface area contributed by atoms with Gasteiger partial charge in [0, 0.05) is 18.0 Å². The number of nitrogens with zero attached hydrogens (tertiary/aromatic N) is 3. The van der Waals surface area contributed by atoms with Crippen molar-refractivity contribution in [1.82, 2.24) is 14.6 Å². The quantitative estimate of drug-likeness (QED) is 0.735. The molecule has 0 fully saturated rings. The molecule has 0 bridgehead atoms. The van der Waals surface area contributed by atoms with E-state index in [2.05, 4.69) is 10.1 Å². The zero-order chi connectivity index (χ0) is 12.5. The van der Waals surface area contributed by atoms with Gasteiger partial charge in [0.1, 0.15) is 0 Å². The summed E-state index contributed by atoms with van der Waals surface area (Å²) in [5.74, 6) is -0.509. The second-order valence-corrected chi connectivity index (χ2v) is 3.87. The molecule has 5 nitrogen and oxygen atoms in total. The minimum Gasteiger partial charge on any atom is -0.365 e. The molecule has 2 N–H and O–H groups in total. The molecule has 18 heavy (non-hydrogen) atoms. The van der Waals surface area contributed by atoms with Crippen molar-refractivity contribution in [3.8, 4) is 11.3 Å². The van der Waals surface area contributed by atoms with Crippen LogP contribution in [0.15, 0.2) is 48.8 Å². The highest BCUT2D eigenvalue weighted by Gasteiger charge is 2.12. The minimum absolute atomic E-state index is 0.369. The highest BCUT2D eigenvalue weighted by molar-refractivity contribution is 5.99. The van der Waals surface area contributed by atoms with Gasteiger partial charge in [-0.1, -0.05) is 30.3 Å². The molecule has 2 aromatic heterocycles. The monoisotopic (exact) mass is 238 g/mol. The molecular formula is C13H10N4O. The van der Waals surface area contributed by atoms with E-state index in [-0.39, 0.29) is 0 Å². The molecule has 3 aromatic rings. The molecule has 0 aliphatic heterocycles. The molecule has 2 heterocycles. The number of benzene rings is 1. The van der Waals surface area contributed by atoms with Gasteiger partial charge < -0.3 is 5.73 Å². The Kier molecular flexibility index (Phi) is 2.30. The molecule has 1 aromatic carbocycles. The fourth-order valence-electron chi connectivity index (χ4n) is 1.85. The van der Waals surface area contributed by atoms with Crippen molar-refractivity contribution in [1.29, 1.82) is 0 Å². The topological polar surface area (TPSA) is 73.3 Å². The number of aromatic nitrogens is 3. The molecule has 0 aliphatic rings. The number of primary amides is 1. The first-order chi connectivity index (χ1) is 8.75. The van der Waals surface area contributed by atoms with Crippen LogP contribution >= 0.6 is 0 Å². The Morgan fingerprint density at radius 1 is 1.22 bits per heavy atom. The van der Waals surface area contributed by atoms with Gasteiger partial charge in [0.05, 0.1) is 11.3 Å². The maximum Gasteiger partial charge on any atom is 0.252 e. The summed E-state index contributed by atoms with van der Waals surface area (Å²) >= 11 is 0. The van der Waals surface area contributed by atoms with Gasteiger partial charge in [-0.3, -0.25) is 4.79 Å². The summed E-state index contributed by atoms with van der Waals surface area (Å²) in [5, 5.41) is 4.39. The van der Waals surface area contributed by atoms with Crippen LogP contribution in [-0.2, 0) is 0 Å². The first-order valence-electron chi connectivity index (χ1n) is 5.45. The van der Waals surface area contributed by atoms with E-state index in [0.717, 1.165) is 5.56 Å². The summed E-state index contributed by atoms with van der Waals surface area (Å²) in [4.78, 5) is 15.5. The van der Waals surface area contributed by atoms with Crippen LogP contribution < -0.4 is 5.73 Å². The number of imidazole rings is 1. The van der Waals surface area contributed by atoms with E-state index in [1.807, 2.05) is 30.3 Å². The Bertz CT molecular complexity index is 718. The van der Waals surface area contributed by atoms with Gasteiger partial charge in [0.25, 0.3) is 5.91 Å². The average Bonchev–Trinajstić information content (AvgIpc) is 2.86. The van der Waals surface area contributed by atoms with Crippen molar-refractivity contribution in [2.75, 3.05) is 0 Å². The standard InChI is InChI=1S/C13H10N4O/c14-12(18)10-8-11(9-4-2-1-3-5-9)16-17-7-6-15-13(10)17/h1-8H,(H2,14,18). The van der Waals surface area contributed by atoms with Crippen LogP contribution in [0, 0.1) is 0 Å². The normalized spacial score (nSPS) is 10.7. The Morgan fingerprint density at radius 2 is 2.00 bits per heavy atom. The third kappa shape index (κ3) is 1.62. The smallest absolute Gasteiger partial charge is 0.252 e. The Hall–Kier alpha value is -2.69. The Labute approximate surface area is 103 Å². The summed E-state index contributed by atoms with van der Waals surface area (Å²) in [6.45, 7) is 0. The molecule has 3 rings (SSSR count). The molecule has 5 heteroatoms. The second kappa shape index (κ2) is 3.96. The van der Waals surface area contributed by atoms with Gasteiger partial charge in [-0.05, 0) is 6.07 Å². The van der Waals surface area contributed by atoms with Crippen LogP contribution in [0.2, 0.25) is 0 Å². The van der Waals surface area contributed by atoms with Gasteiger partial charge in [0.15, 0.2) is 5.65 Å². The van der Waals surface area contributed by atoms with Crippen LogP contribution in [-0.4, -0.2) is 20.5 Å². The predicted octanol–water partition coefficient (Wildman–Crippen LogP) is 1.50. The number of amides is 1. The molecule has 0 atom stereocenters. The second-order valence-electron chi connectivity index (χ2n) is 3.87. The fraction of sp³-hybridized carbons (Fsp3) is 0. The fourth-order valence-corrected chi connectivity index (χ4v) is 1.85. The van der Waals surface area contributed by atoms with Crippen LogP contribution in [0.4, 0.5) is 0 Å². The van der Waals surface area contributed by atoms with E-state index < -0.39 is 5.91 Å². The highest BCUT2D eigenvalue weighted by Crippen LogP contribution is 2.19. The minimum atomic E-state index is -0.509.